The zero-order valence-corrected chi connectivity index (χ0v) is 12.7. The minimum atomic E-state index is 0.511. The minimum absolute atomic E-state index is 0.511. The van der Waals surface area contributed by atoms with E-state index in [4.69, 9.17) is 4.42 Å². The molecule has 0 aliphatic carbocycles. The maximum Gasteiger partial charge on any atom is 0.118 e. The van der Waals surface area contributed by atoms with Gasteiger partial charge in [0.2, 0.25) is 0 Å². The second-order valence-corrected chi connectivity index (χ2v) is 6.03. The van der Waals surface area contributed by atoms with Crippen molar-refractivity contribution in [2.24, 2.45) is 0 Å². The normalized spacial score (nSPS) is 13.1. The lowest BCUT2D eigenvalue weighted by molar-refractivity contribution is 0.229. The number of furan rings is 1. The van der Waals surface area contributed by atoms with Gasteiger partial charge in [0, 0.05) is 23.0 Å². The van der Waals surface area contributed by atoms with Gasteiger partial charge in [-0.05, 0) is 45.0 Å². The molecule has 2 rings (SSSR count). The van der Waals surface area contributed by atoms with Crippen molar-refractivity contribution in [1.29, 1.82) is 0 Å². The highest BCUT2D eigenvalue weighted by Gasteiger charge is 2.13. The summed E-state index contributed by atoms with van der Waals surface area (Å²) in [5, 5.41) is 5.27. The Morgan fingerprint density at radius 3 is 3.00 bits per heavy atom. The van der Waals surface area contributed by atoms with Gasteiger partial charge in [-0.1, -0.05) is 6.07 Å². The van der Waals surface area contributed by atoms with Gasteiger partial charge in [-0.25, -0.2) is 0 Å². The van der Waals surface area contributed by atoms with Gasteiger partial charge in [0.05, 0.1) is 12.8 Å². The van der Waals surface area contributed by atoms with E-state index in [1.165, 1.54) is 10.4 Å². The Morgan fingerprint density at radius 1 is 1.47 bits per heavy atom. The predicted octanol–water partition coefficient (Wildman–Crippen LogP) is 3.12. The van der Waals surface area contributed by atoms with Gasteiger partial charge in [-0.15, -0.1) is 11.3 Å². The second kappa shape index (κ2) is 6.89. The van der Waals surface area contributed by atoms with Crippen LogP contribution in [0, 0.1) is 0 Å². The van der Waals surface area contributed by atoms with Crippen molar-refractivity contribution in [2.75, 3.05) is 14.1 Å². The first-order chi connectivity index (χ1) is 9.19. The van der Waals surface area contributed by atoms with Gasteiger partial charge in [0.15, 0.2) is 0 Å². The molecule has 1 atom stereocenters. The molecule has 0 radical (unpaired) electrons. The Balaban J connectivity index is 1.86. The highest BCUT2D eigenvalue weighted by molar-refractivity contribution is 7.09. The van der Waals surface area contributed by atoms with Crippen LogP contribution >= 0.6 is 11.3 Å². The Kier molecular flexibility index (Phi) is 5.19. The Bertz CT molecular complexity index is 478. The average molecular weight is 278 g/mol. The maximum atomic E-state index is 5.59. The number of thiophene rings is 1. The van der Waals surface area contributed by atoms with Crippen LogP contribution in [0.15, 0.2) is 34.3 Å². The van der Waals surface area contributed by atoms with E-state index in [1.54, 1.807) is 0 Å². The SMILES string of the molecule is CNCc1coc(CN(C)C(C)Cc2cccs2)c1. The van der Waals surface area contributed by atoms with E-state index >= 15 is 0 Å². The third kappa shape index (κ3) is 4.20. The van der Waals surface area contributed by atoms with Crippen LogP contribution in [0.3, 0.4) is 0 Å². The molecule has 4 heteroatoms. The molecule has 0 aromatic carbocycles. The number of hydrogen-bond acceptors (Lipinski definition) is 4. The van der Waals surface area contributed by atoms with E-state index in [0.29, 0.717) is 6.04 Å². The molecule has 2 aromatic heterocycles. The second-order valence-electron chi connectivity index (χ2n) is 5.00. The quantitative estimate of drug-likeness (QED) is 0.843. The molecule has 1 unspecified atom stereocenters. The average Bonchev–Trinajstić information content (AvgIpc) is 3.02. The molecule has 104 valence electrons. The highest BCUT2D eigenvalue weighted by Crippen LogP contribution is 2.16. The lowest BCUT2D eigenvalue weighted by Gasteiger charge is -2.23. The summed E-state index contributed by atoms with van der Waals surface area (Å²) >= 11 is 1.83. The zero-order chi connectivity index (χ0) is 13.7. The van der Waals surface area contributed by atoms with Crippen molar-refractivity contribution in [1.82, 2.24) is 10.2 Å². The van der Waals surface area contributed by atoms with Crippen molar-refractivity contribution in [3.8, 4) is 0 Å². The molecular formula is C15H22N2OS. The number of rotatable bonds is 7. The summed E-state index contributed by atoms with van der Waals surface area (Å²) < 4.78 is 5.59. The minimum Gasteiger partial charge on any atom is -0.468 e. The van der Waals surface area contributed by atoms with Crippen molar-refractivity contribution >= 4 is 11.3 Å². The van der Waals surface area contributed by atoms with Crippen LogP contribution in [0.5, 0.6) is 0 Å². The molecule has 0 fully saturated rings. The zero-order valence-electron chi connectivity index (χ0n) is 11.8. The molecule has 2 heterocycles. The number of nitrogens with zero attached hydrogens (tertiary/aromatic N) is 1. The standard InChI is InChI=1S/C15H22N2OS/c1-12(7-15-5-4-6-19-15)17(3)10-14-8-13(9-16-2)11-18-14/h4-6,8,11-12,16H,7,9-10H2,1-3H3. The highest BCUT2D eigenvalue weighted by atomic mass is 32.1. The molecule has 0 saturated carbocycles. The summed E-state index contributed by atoms with van der Waals surface area (Å²) in [6.07, 6.45) is 2.93. The van der Waals surface area contributed by atoms with Crippen LogP contribution in [0.25, 0.3) is 0 Å². The number of likely N-dealkylation sites (N-methyl/N-ethyl adjacent to an activating group) is 1. The van der Waals surface area contributed by atoms with E-state index in [2.05, 4.69) is 47.8 Å². The summed E-state index contributed by atoms with van der Waals surface area (Å²) in [5.74, 6) is 1.03. The molecule has 0 aliphatic rings. The Labute approximate surface area is 119 Å². The molecule has 0 amide bonds. The van der Waals surface area contributed by atoms with E-state index in [0.717, 1.165) is 25.3 Å². The Hall–Kier alpha value is -1.10. The summed E-state index contributed by atoms with van der Waals surface area (Å²) in [5.41, 5.74) is 1.21. The van der Waals surface area contributed by atoms with Gasteiger partial charge in [-0.3, -0.25) is 4.90 Å². The fourth-order valence-electron chi connectivity index (χ4n) is 2.08. The first-order valence-corrected chi connectivity index (χ1v) is 7.50. The lowest BCUT2D eigenvalue weighted by atomic mass is 10.2. The fraction of sp³-hybridized carbons (Fsp3) is 0.467. The Morgan fingerprint density at radius 2 is 2.32 bits per heavy atom. The van der Waals surface area contributed by atoms with Gasteiger partial charge >= 0.3 is 0 Å². The summed E-state index contributed by atoms with van der Waals surface area (Å²) in [6, 6.07) is 6.96. The molecular weight excluding hydrogens is 256 g/mol. The summed E-state index contributed by atoms with van der Waals surface area (Å²) in [4.78, 5) is 3.77. The fourth-order valence-corrected chi connectivity index (χ4v) is 2.91. The van der Waals surface area contributed by atoms with E-state index in [-0.39, 0.29) is 0 Å². The smallest absolute Gasteiger partial charge is 0.118 e. The molecule has 0 saturated heterocycles. The molecule has 1 N–H and O–H groups in total. The van der Waals surface area contributed by atoms with Gasteiger partial charge in [0.25, 0.3) is 0 Å². The van der Waals surface area contributed by atoms with Gasteiger partial charge in [0.1, 0.15) is 5.76 Å². The van der Waals surface area contributed by atoms with Crippen LogP contribution in [-0.2, 0) is 19.5 Å². The van der Waals surface area contributed by atoms with Crippen LogP contribution in [0.2, 0.25) is 0 Å². The lowest BCUT2D eigenvalue weighted by Crippen LogP contribution is -2.29. The van der Waals surface area contributed by atoms with Crippen LogP contribution < -0.4 is 5.32 Å². The van der Waals surface area contributed by atoms with E-state index in [1.807, 2.05) is 24.6 Å². The van der Waals surface area contributed by atoms with E-state index < -0.39 is 0 Å². The van der Waals surface area contributed by atoms with Gasteiger partial charge in [-0.2, -0.15) is 0 Å². The number of hydrogen-bond donors (Lipinski definition) is 1. The largest absolute Gasteiger partial charge is 0.468 e. The van der Waals surface area contributed by atoms with Gasteiger partial charge < -0.3 is 9.73 Å². The van der Waals surface area contributed by atoms with Crippen LogP contribution in [0.1, 0.15) is 23.1 Å². The monoisotopic (exact) mass is 278 g/mol. The maximum absolute atomic E-state index is 5.59. The molecule has 19 heavy (non-hydrogen) atoms. The summed E-state index contributed by atoms with van der Waals surface area (Å²) in [7, 11) is 4.10. The first kappa shape index (κ1) is 14.3. The van der Waals surface area contributed by atoms with Crippen LogP contribution in [0.4, 0.5) is 0 Å². The van der Waals surface area contributed by atoms with Crippen LogP contribution in [-0.4, -0.2) is 25.0 Å². The van der Waals surface area contributed by atoms with Crippen molar-refractivity contribution in [2.45, 2.75) is 32.5 Å². The van der Waals surface area contributed by atoms with Crippen molar-refractivity contribution in [3.63, 3.8) is 0 Å². The van der Waals surface area contributed by atoms with Crippen molar-refractivity contribution in [3.05, 3.63) is 46.0 Å². The van der Waals surface area contributed by atoms with E-state index in [9.17, 15) is 0 Å². The third-order valence-corrected chi connectivity index (χ3v) is 4.22. The molecule has 3 nitrogen and oxygen atoms in total. The third-order valence-electron chi connectivity index (χ3n) is 3.32. The first-order valence-electron chi connectivity index (χ1n) is 6.62. The molecule has 0 spiro atoms. The molecule has 2 aromatic rings. The predicted molar refractivity (Wildman–Crippen MR) is 80.4 cm³/mol. The molecule has 0 bridgehead atoms. The summed E-state index contributed by atoms with van der Waals surface area (Å²) in [6.45, 7) is 3.98. The topological polar surface area (TPSA) is 28.4 Å². The van der Waals surface area contributed by atoms with Crippen molar-refractivity contribution < 1.29 is 4.42 Å². The number of nitrogens with one attached hydrogen (secondary N) is 1. The molecule has 0 aliphatic heterocycles.